The molecule has 0 radical (unpaired) electrons. The first-order valence-electron chi connectivity index (χ1n) is 3.40. The number of rotatable bonds is 2. The van der Waals surface area contributed by atoms with Crippen LogP contribution in [0.2, 0.25) is 0 Å². The summed E-state index contributed by atoms with van der Waals surface area (Å²) in [5.74, 6) is 1.10. The van der Waals surface area contributed by atoms with E-state index in [0.29, 0.717) is 11.6 Å². The third-order valence-electron chi connectivity index (χ3n) is 1.48. The molecule has 62 valence electrons. The van der Waals surface area contributed by atoms with Crippen molar-refractivity contribution in [2.24, 2.45) is 0 Å². The average molecular weight is 165 g/mol. The lowest BCUT2D eigenvalue weighted by molar-refractivity contribution is 0.343. The van der Waals surface area contributed by atoms with Crippen LogP contribution in [-0.2, 0) is 0 Å². The second-order valence-corrected chi connectivity index (χ2v) is 2.22. The molecule has 0 aromatic carbocycles. The van der Waals surface area contributed by atoms with Crippen molar-refractivity contribution in [2.75, 3.05) is 7.11 Å². The first kappa shape index (κ1) is 6.90. The summed E-state index contributed by atoms with van der Waals surface area (Å²) < 4.78 is 9.82. The van der Waals surface area contributed by atoms with Crippen molar-refractivity contribution in [3.8, 4) is 17.2 Å². The van der Waals surface area contributed by atoms with E-state index in [1.54, 1.807) is 18.5 Å². The highest BCUT2D eigenvalue weighted by Gasteiger charge is 2.06. The van der Waals surface area contributed by atoms with Crippen LogP contribution in [0, 0.1) is 0 Å². The molecular weight excluding hydrogens is 158 g/mol. The Balaban J connectivity index is 2.35. The number of aromatic nitrogens is 3. The van der Waals surface area contributed by atoms with Gasteiger partial charge in [-0.1, -0.05) is 0 Å². The van der Waals surface area contributed by atoms with E-state index in [4.69, 9.17) is 9.26 Å². The van der Waals surface area contributed by atoms with Crippen molar-refractivity contribution in [1.29, 1.82) is 0 Å². The molecule has 5 heteroatoms. The lowest BCUT2D eigenvalue weighted by Gasteiger charge is -1.84. The highest BCUT2D eigenvalue weighted by Crippen LogP contribution is 2.21. The van der Waals surface area contributed by atoms with Gasteiger partial charge in [-0.05, 0) is 5.16 Å². The number of hydrogen-bond acceptors (Lipinski definition) is 4. The normalized spacial score (nSPS) is 10.1. The summed E-state index contributed by atoms with van der Waals surface area (Å²) in [7, 11) is 1.54. The predicted octanol–water partition coefficient (Wildman–Crippen LogP) is 1.07. The standard InChI is InChI=1S/C7H7N3O2/c1-11-7-2-6(12-10-7)5-3-8-9-4-5/h2-4H,1H3,(H,8,9). The Bertz CT molecular complexity index is 352. The second kappa shape index (κ2) is 2.69. The zero-order chi connectivity index (χ0) is 8.39. The smallest absolute Gasteiger partial charge is 0.254 e. The maximum Gasteiger partial charge on any atom is 0.254 e. The molecule has 0 aliphatic carbocycles. The molecule has 0 saturated carbocycles. The van der Waals surface area contributed by atoms with Crippen LogP contribution in [0.15, 0.2) is 23.0 Å². The van der Waals surface area contributed by atoms with E-state index < -0.39 is 0 Å². The number of nitrogens with zero attached hydrogens (tertiary/aromatic N) is 2. The number of H-pyrrole nitrogens is 1. The molecule has 0 spiro atoms. The van der Waals surface area contributed by atoms with Gasteiger partial charge in [-0.15, -0.1) is 0 Å². The van der Waals surface area contributed by atoms with Crippen molar-refractivity contribution < 1.29 is 9.26 Å². The topological polar surface area (TPSA) is 63.9 Å². The van der Waals surface area contributed by atoms with Crippen LogP contribution < -0.4 is 4.74 Å². The van der Waals surface area contributed by atoms with Crippen LogP contribution in [-0.4, -0.2) is 22.5 Å². The molecule has 2 rings (SSSR count). The number of aromatic amines is 1. The van der Waals surface area contributed by atoms with Gasteiger partial charge in [0.15, 0.2) is 5.76 Å². The van der Waals surface area contributed by atoms with E-state index in [9.17, 15) is 0 Å². The van der Waals surface area contributed by atoms with Gasteiger partial charge in [-0.3, -0.25) is 5.10 Å². The Morgan fingerprint density at radius 1 is 1.58 bits per heavy atom. The van der Waals surface area contributed by atoms with E-state index in [1.807, 2.05) is 0 Å². The fourth-order valence-electron chi connectivity index (χ4n) is 0.877. The molecule has 0 saturated heterocycles. The van der Waals surface area contributed by atoms with Crippen molar-refractivity contribution in [3.63, 3.8) is 0 Å². The van der Waals surface area contributed by atoms with E-state index in [1.165, 1.54) is 7.11 Å². The summed E-state index contributed by atoms with van der Waals surface area (Å²) in [6, 6.07) is 1.70. The van der Waals surface area contributed by atoms with Gasteiger partial charge in [0.2, 0.25) is 0 Å². The zero-order valence-corrected chi connectivity index (χ0v) is 6.44. The molecule has 0 aliphatic rings. The fourth-order valence-corrected chi connectivity index (χ4v) is 0.877. The summed E-state index contributed by atoms with van der Waals surface area (Å²) in [5.41, 5.74) is 0.853. The highest BCUT2D eigenvalue weighted by molar-refractivity contribution is 5.55. The molecule has 0 unspecified atom stereocenters. The number of nitrogens with one attached hydrogen (secondary N) is 1. The molecule has 2 aromatic heterocycles. The minimum Gasteiger partial charge on any atom is -0.479 e. The second-order valence-electron chi connectivity index (χ2n) is 2.22. The molecule has 2 heterocycles. The average Bonchev–Trinajstić information content (AvgIpc) is 2.75. The molecule has 0 amide bonds. The maximum atomic E-state index is 4.96. The summed E-state index contributed by atoms with van der Waals surface area (Å²) in [5, 5.41) is 10.1. The Hall–Kier alpha value is -1.78. The Morgan fingerprint density at radius 2 is 2.50 bits per heavy atom. The Labute approximate surface area is 68.3 Å². The van der Waals surface area contributed by atoms with Crippen molar-refractivity contribution >= 4 is 0 Å². The lowest BCUT2D eigenvalue weighted by Crippen LogP contribution is -1.78. The van der Waals surface area contributed by atoms with Gasteiger partial charge in [-0.2, -0.15) is 5.10 Å². The Morgan fingerprint density at radius 3 is 3.08 bits per heavy atom. The van der Waals surface area contributed by atoms with Gasteiger partial charge in [0.05, 0.1) is 18.9 Å². The quantitative estimate of drug-likeness (QED) is 0.722. The van der Waals surface area contributed by atoms with Crippen LogP contribution in [0.3, 0.4) is 0 Å². The molecular formula is C7H7N3O2. The highest BCUT2D eigenvalue weighted by atomic mass is 16.5. The molecule has 12 heavy (non-hydrogen) atoms. The number of methoxy groups -OCH3 is 1. The largest absolute Gasteiger partial charge is 0.479 e. The minimum absolute atomic E-state index is 0.464. The van der Waals surface area contributed by atoms with Crippen LogP contribution >= 0.6 is 0 Å². The van der Waals surface area contributed by atoms with E-state index in [2.05, 4.69) is 15.4 Å². The predicted molar refractivity (Wildman–Crippen MR) is 40.6 cm³/mol. The van der Waals surface area contributed by atoms with Gasteiger partial charge in [0.25, 0.3) is 5.88 Å². The van der Waals surface area contributed by atoms with Crippen LogP contribution in [0.1, 0.15) is 0 Å². The summed E-state index contributed by atoms with van der Waals surface area (Å²) in [4.78, 5) is 0. The third kappa shape index (κ3) is 1.05. The molecule has 1 N–H and O–H groups in total. The Kier molecular flexibility index (Phi) is 1.55. The van der Waals surface area contributed by atoms with Crippen molar-refractivity contribution in [2.45, 2.75) is 0 Å². The summed E-state index contributed by atoms with van der Waals surface area (Å²) in [6.45, 7) is 0. The van der Waals surface area contributed by atoms with Gasteiger partial charge in [0.1, 0.15) is 0 Å². The minimum atomic E-state index is 0.464. The molecule has 2 aromatic rings. The zero-order valence-electron chi connectivity index (χ0n) is 6.44. The van der Waals surface area contributed by atoms with Gasteiger partial charge in [0, 0.05) is 12.3 Å². The fraction of sp³-hybridized carbons (Fsp3) is 0.143. The molecule has 5 nitrogen and oxygen atoms in total. The molecule has 0 aliphatic heterocycles. The monoisotopic (exact) mass is 165 g/mol. The SMILES string of the molecule is COc1cc(-c2cn[nH]c2)on1. The van der Waals surface area contributed by atoms with Crippen molar-refractivity contribution in [1.82, 2.24) is 15.4 Å². The van der Waals surface area contributed by atoms with Gasteiger partial charge >= 0.3 is 0 Å². The number of ether oxygens (including phenoxy) is 1. The molecule has 0 bridgehead atoms. The summed E-state index contributed by atoms with van der Waals surface area (Å²) in [6.07, 6.45) is 3.37. The summed E-state index contributed by atoms with van der Waals surface area (Å²) >= 11 is 0. The third-order valence-corrected chi connectivity index (χ3v) is 1.48. The van der Waals surface area contributed by atoms with Crippen LogP contribution in [0.4, 0.5) is 0 Å². The van der Waals surface area contributed by atoms with Crippen LogP contribution in [0.25, 0.3) is 11.3 Å². The lowest BCUT2D eigenvalue weighted by atomic mass is 10.3. The van der Waals surface area contributed by atoms with Crippen LogP contribution in [0.5, 0.6) is 5.88 Å². The van der Waals surface area contributed by atoms with Gasteiger partial charge in [-0.25, -0.2) is 0 Å². The number of hydrogen-bond donors (Lipinski definition) is 1. The van der Waals surface area contributed by atoms with E-state index >= 15 is 0 Å². The first-order chi connectivity index (χ1) is 5.90. The van der Waals surface area contributed by atoms with E-state index in [0.717, 1.165) is 5.56 Å². The molecule has 0 fully saturated rings. The van der Waals surface area contributed by atoms with Gasteiger partial charge < -0.3 is 9.26 Å². The first-order valence-corrected chi connectivity index (χ1v) is 3.40. The molecule has 0 atom stereocenters. The van der Waals surface area contributed by atoms with E-state index in [-0.39, 0.29) is 0 Å². The van der Waals surface area contributed by atoms with Crippen molar-refractivity contribution in [3.05, 3.63) is 18.5 Å². The maximum absolute atomic E-state index is 4.96.